The molecule has 2 aromatic rings. The first kappa shape index (κ1) is 28.7. The minimum Gasteiger partial charge on any atom is -0.493 e. The summed E-state index contributed by atoms with van der Waals surface area (Å²) < 4.78 is 11.3. The van der Waals surface area contributed by atoms with Crippen LogP contribution in [-0.2, 0) is 16.0 Å². The molecule has 39 heavy (non-hydrogen) atoms. The number of carbonyl (C=O) groups is 2. The zero-order valence-corrected chi connectivity index (χ0v) is 23.3. The number of unbranched alkanes of at least 4 members (excludes halogenated alkanes) is 5. The number of hydrogen-bond donors (Lipinski definition) is 1. The lowest BCUT2D eigenvalue weighted by Gasteiger charge is -2.25. The topological polar surface area (TPSA) is 80.2 Å². The van der Waals surface area contributed by atoms with E-state index >= 15 is 0 Å². The van der Waals surface area contributed by atoms with Crippen molar-refractivity contribution in [1.82, 2.24) is 5.01 Å². The van der Waals surface area contributed by atoms with E-state index in [0.29, 0.717) is 31.6 Å². The third-order valence-electron chi connectivity index (χ3n) is 7.39. The molecule has 2 aliphatic heterocycles. The van der Waals surface area contributed by atoms with E-state index in [2.05, 4.69) is 22.4 Å². The van der Waals surface area contributed by atoms with Crippen molar-refractivity contribution in [1.29, 1.82) is 0 Å². The molecular formula is C32H43N3O4. The maximum absolute atomic E-state index is 12.9. The van der Waals surface area contributed by atoms with Crippen LogP contribution >= 0.6 is 0 Å². The number of anilines is 1. The highest BCUT2D eigenvalue weighted by molar-refractivity contribution is 6.04. The summed E-state index contributed by atoms with van der Waals surface area (Å²) in [5.74, 6) is 0.486. The minimum atomic E-state index is -0.173. The lowest BCUT2D eigenvalue weighted by molar-refractivity contribution is -0.145. The maximum Gasteiger partial charge on any atom is 0.306 e. The van der Waals surface area contributed by atoms with Crippen molar-refractivity contribution in [2.75, 3.05) is 31.6 Å². The summed E-state index contributed by atoms with van der Waals surface area (Å²) in [6, 6.07) is 13.2. The Hall–Kier alpha value is -3.35. The van der Waals surface area contributed by atoms with Crippen molar-refractivity contribution in [3.8, 4) is 5.75 Å². The van der Waals surface area contributed by atoms with Crippen LogP contribution in [0.3, 0.4) is 0 Å². The fourth-order valence-electron chi connectivity index (χ4n) is 5.09. The molecular weight excluding hydrogens is 490 g/mol. The van der Waals surface area contributed by atoms with E-state index in [1.165, 1.54) is 44.9 Å². The number of esters is 1. The SMILES string of the molecule is CCCCCCCCOC(=O)CC1COc2ccc(C(=O)Nc3ccc(/C=N/N4CCCCC4)cc3)cc2C1. The van der Waals surface area contributed by atoms with Crippen LogP contribution in [-0.4, -0.2) is 49.4 Å². The number of piperidine rings is 1. The van der Waals surface area contributed by atoms with Gasteiger partial charge < -0.3 is 14.8 Å². The molecule has 1 atom stereocenters. The molecule has 2 aliphatic rings. The third-order valence-corrected chi connectivity index (χ3v) is 7.39. The van der Waals surface area contributed by atoms with Gasteiger partial charge in [0, 0.05) is 30.3 Å². The molecule has 0 radical (unpaired) electrons. The van der Waals surface area contributed by atoms with Gasteiger partial charge in [0.1, 0.15) is 5.75 Å². The largest absolute Gasteiger partial charge is 0.493 e. The summed E-state index contributed by atoms with van der Waals surface area (Å²) in [6.07, 6.45) is 13.6. The van der Waals surface area contributed by atoms with Crippen molar-refractivity contribution < 1.29 is 19.1 Å². The molecule has 1 saturated heterocycles. The predicted molar refractivity (Wildman–Crippen MR) is 155 cm³/mol. The number of nitrogens with one attached hydrogen (secondary N) is 1. The van der Waals surface area contributed by atoms with Crippen molar-refractivity contribution in [2.24, 2.45) is 11.0 Å². The first-order valence-electron chi connectivity index (χ1n) is 14.7. The fourth-order valence-corrected chi connectivity index (χ4v) is 5.09. The first-order valence-corrected chi connectivity index (χ1v) is 14.7. The molecule has 1 amide bonds. The maximum atomic E-state index is 12.9. The second kappa shape index (κ2) is 15.3. The van der Waals surface area contributed by atoms with Crippen LogP contribution in [0.15, 0.2) is 47.6 Å². The highest BCUT2D eigenvalue weighted by Crippen LogP contribution is 2.30. The van der Waals surface area contributed by atoms with Crippen LogP contribution in [0, 0.1) is 5.92 Å². The Balaban J connectivity index is 1.23. The number of benzene rings is 2. The monoisotopic (exact) mass is 533 g/mol. The zero-order chi connectivity index (χ0) is 27.3. The number of carbonyl (C=O) groups excluding carboxylic acids is 2. The average Bonchev–Trinajstić information content (AvgIpc) is 2.96. The molecule has 7 nitrogen and oxygen atoms in total. The Morgan fingerprint density at radius 3 is 2.59 bits per heavy atom. The summed E-state index contributed by atoms with van der Waals surface area (Å²) >= 11 is 0. The Bertz CT molecular complexity index is 1090. The van der Waals surface area contributed by atoms with E-state index < -0.39 is 0 Å². The van der Waals surface area contributed by atoms with Crippen LogP contribution < -0.4 is 10.1 Å². The Morgan fingerprint density at radius 2 is 1.79 bits per heavy atom. The summed E-state index contributed by atoms with van der Waals surface area (Å²) in [4.78, 5) is 25.3. The summed E-state index contributed by atoms with van der Waals surface area (Å²) in [7, 11) is 0. The zero-order valence-electron chi connectivity index (χ0n) is 23.3. The Morgan fingerprint density at radius 1 is 1.03 bits per heavy atom. The van der Waals surface area contributed by atoms with Gasteiger partial charge in [0.05, 0.1) is 25.8 Å². The fraction of sp³-hybridized carbons (Fsp3) is 0.531. The Kier molecular flexibility index (Phi) is 11.2. The number of fused-ring (bicyclic) bond motifs is 1. The summed E-state index contributed by atoms with van der Waals surface area (Å²) in [5, 5.41) is 9.66. The van der Waals surface area contributed by atoms with Gasteiger partial charge >= 0.3 is 5.97 Å². The van der Waals surface area contributed by atoms with Gasteiger partial charge in [-0.1, -0.05) is 51.2 Å². The molecule has 0 aromatic heterocycles. The second-order valence-corrected chi connectivity index (χ2v) is 10.7. The number of rotatable bonds is 13. The molecule has 0 saturated carbocycles. The van der Waals surface area contributed by atoms with E-state index in [0.717, 1.165) is 48.5 Å². The van der Waals surface area contributed by atoms with Crippen molar-refractivity contribution in [3.63, 3.8) is 0 Å². The predicted octanol–water partition coefficient (Wildman–Crippen LogP) is 6.60. The smallest absolute Gasteiger partial charge is 0.306 e. The van der Waals surface area contributed by atoms with E-state index in [1.54, 1.807) is 6.07 Å². The highest BCUT2D eigenvalue weighted by atomic mass is 16.5. The van der Waals surface area contributed by atoms with Gasteiger partial charge in [-0.3, -0.25) is 14.6 Å². The number of amides is 1. The van der Waals surface area contributed by atoms with Crippen molar-refractivity contribution in [2.45, 2.75) is 77.6 Å². The quantitative estimate of drug-likeness (QED) is 0.178. The first-order chi connectivity index (χ1) is 19.1. The third kappa shape index (κ3) is 9.41. The molecule has 1 N–H and O–H groups in total. The number of nitrogens with zero attached hydrogens (tertiary/aromatic N) is 2. The van der Waals surface area contributed by atoms with Gasteiger partial charge in [0.2, 0.25) is 0 Å². The molecule has 1 unspecified atom stereocenters. The molecule has 0 aliphatic carbocycles. The standard InChI is InChI=1S/C32H43N3O4/c1-2-3-4-5-6-10-19-38-31(36)21-26-20-28-22-27(13-16-30(28)39-24-26)32(37)34-29-14-11-25(12-15-29)23-33-35-17-8-7-9-18-35/h11-16,22-23,26H,2-10,17-21,24H2,1H3,(H,34,37)/b33-23+. The minimum absolute atomic E-state index is 0.0482. The van der Waals surface area contributed by atoms with Gasteiger partial charge in [-0.2, -0.15) is 5.10 Å². The van der Waals surface area contributed by atoms with Crippen LogP contribution in [0.25, 0.3) is 0 Å². The van der Waals surface area contributed by atoms with Crippen LogP contribution in [0.5, 0.6) is 5.75 Å². The van der Waals surface area contributed by atoms with E-state index in [4.69, 9.17) is 9.47 Å². The molecule has 2 heterocycles. The molecule has 2 aromatic carbocycles. The van der Waals surface area contributed by atoms with Gasteiger partial charge in [-0.05, 0) is 73.6 Å². The number of ether oxygens (including phenoxy) is 2. The van der Waals surface area contributed by atoms with E-state index in [9.17, 15) is 9.59 Å². The summed E-state index contributed by atoms with van der Waals surface area (Å²) in [6.45, 7) is 5.21. The van der Waals surface area contributed by atoms with Crippen molar-refractivity contribution >= 4 is 23.8 Å². The number of hydrazone groups is 1. The summed E-state index contributed by atoms with van der Waals surface area (Å²) in [5.41, 5.74) is 3.25. The average molecular weight is 534 g/mol. The lowest BCUT2D eigenvalue weighted by Crippen LogP contribution is -2.25. The second-order valence-electron chi connectivity index (χ2n) is 10.7. The van der Waals surface area contributed by atoms with Gasteiger partial charge in [0.25, 0.3) is 5.91 Å². The van der Waals surface area contributed by atoms with E-state index in [1.807, 2.05) is 42.6 Å². The molecule has 7 heteroatoms. The molecule has 0 bridgehead atoms. The van der Waals surface area contributed by atoms with Crippen LogP contribution in [0.1, 0.15) is 92.6 Å². The number of hydrogen-bond acceptors (Lipinski definition) is 6. The van der Waals surface area contributed by atoms with Gasteiger partial charge in [0.15, 0.2) is 0 Å². The van der Waals surface area contributed by atoms with Gasteiger partial charge in [-0.15, -0.1) is 0 Å². The van der Waals surface area contributed by atoms with Crippen molar-refractivity contribution in [3.05, 3.63) is 59.2 Å². The molecule has 4 rings (SSSR count). The van der Waals surface area contributed by atoms with Gasteiger partial charge in [-0.25, -0.2) is 0 Å². The lowest BCUT2D eigenvalue weighted by atomic mass is 9.93. The molecule has 0 spiro atoms. The highest BCUT2D eigenvalue weighted by Gasteiger charge is 2.24. The normalized spacial score (nSPS) is 16.9. The molecule has 210 valence electrons. The van der Waals surface area contributed by atoms with Crippen LogP contribution in [0.4, 0.5) is 5.69 Å². The van der Waals surface area contributed by atoms with E-state index in [-0.39, 0.29) is 17.8 Å². The Labute approximate surface area is 233 Å². The molecule has 1 fully saturated rings. The van der Waals surface area contributed by atoms with Crippen LogP contribution in [0.2, 0.25) is 0 Å².